The summed E-state index contributed by atoms with van der Waals surface area (Å²) in [5, 5.41) is 2.95. The van der Waals surface area contributed by atoms with Crippen molar-refractivity contribution in [2.24, 2.45) is 0 Å². The minimum Gasteiger partial charge on any atom is -0.381 e. The lowest BCUT2D eigenvalue weighted by Gasteiger charge is -2.36. The van der Waals surface area contributed by atoms with Crippen molar-refractivity contribution in [3.05, 3.63) is 53.3 Å². The van der Waals surface area contributed by atoms with Gasteiger partial charge in [-0.05, 0) is 63.1 Å². The van der Waals surface area contributed by atoms with E-state index in [1.54, 1.807) is 19.0 Å². The van der Waals surface area contributed by atoms with Gasteiger partial charge >= 0.3 is 6.03 Å². The molecule has 0 radical (unpaired) electrons. The summed E-state index contributed by atoms with van der Waals surface area (Å²) in [5.41, 5.74) is 3.96. The molecular formula is C23H32N4O3. The molecule has 1 aromatic carbocycles. The van der Waals surface area contributed by atoms with Crippen LogP contribution < -0.4 is 5.32 Å². The monoisotopic (exact) mass is 412 g/mol. The van der Waals surface area contributed by atoms with Gasteiger partial charge in [0.05, 0.1) is 0 Å². The number of hydrogen-bond acceptors (Lipinski definition) is 3. The second-order valence-electron chi connectivity index (χ2n) is 7.97. The molecule has 1 fully saturated rings. The molecule has 0 unspecified atom stereocenters. The van der Waals surface area contributed by atoms with E-state index in [1.165, 1.54) is 0 Å². The predicted octanol–water partition coefficient (Wildman–Crippen LogP) is 2.99. The number of amides is 3. The summed E-state index contributed by atoms with van der Waals surface area (Å²) in [6.07, 6.45) is 1.65. The normalized spacial score (nSPS) is 14.4. The Balaban J connectivity index is 1.59. The number of hydrogen-bond donors (Lipinski definition) is 1. The van der Waals surface area contributed by atoms with Crippen molar-refractivity contribution in [3.8, 4) is 5.69 Å². The summed E-state index contributed by atoms with van der Waals surface area (Å²) in [7, 11) is 3.51. The van der Waals surface area contributed by atoms with Crippen LogP contribution in [0.2, 0.25) is 0 Å². The van der Waals surface area contributed by atoms with Gasteiger partial charge in [0, 0.05) is 69.1 Å². The lowest BCUT2D eigenvalue weighted by atomic mass is 10.1. The Labute approximate surface area is 178 Å². The minimum atomic E-state index is -0.133. The van der Waals surface area contributed by atoms with Gasteiger partial charge < -0.3 is 24.4 Å². The smallest absolute Gasteiger partial charge is 0.319 e. The van der Waals surface area contributed by atoms with Crippen molar-refractivity contribution in [1.82, 2.24) is 19.7 Å². The molecular weight excluding hydrogens is 380 g/mol. The highest BCUT2D eigenvalue weighted by atomic mass is 16.5. The quantitative estimate of drug-likeness (QED) is 0.793. The van der Waals surface area contributed by atoms with Gasteiger partial charge in [-0.1, -0.05) is 0 Å². The van der Waals surface area contributed by atoms with Crippen molar-refractivity contribution in [1.29, 1.82) is 0 Å². The van der Waals surface area contributed by atoms with Crippen LogP contribution in [-0.2, 0) is 4.74 Å². The number of nitrogens with zero attached hydrogens (tertiary/aromatic N) is 3. The first-order valence-electron chi connectivity index (χ1n) is 10.5. The van der Waals surface area contributed by atoms with E-state index < -0.39 is 0 Å². The SMILES string of the molecule is Cc1ccc(C)n1-c1ccc(C(=O)NCCN(C(=O)N(C)C)C2CCOCC2)cc1. The largest absolute Gasteiger partial charge is 0.381 e. The summed E-state index contributed by atoms with van der Waals surface area (Å²) in [6, 6.07) is 11.9. The third-order valence-corrected chi connectivity index (χ3v) is 5.56. The van der Waals surface area contributed by atoms with Crippen LogP contribution in [0.3, 0.4) is 0 Å². The number of rotatable bonds is 6. The van der Waals surface area contributed by atoms with Gasteiger partial charge in [0.25, 0.3) is 5.91 Å². The molecule has 7 heteroatoms. The number of aromatic nitrogens is 1. The maximum atomic E-state index is 12.6. The van der Waals surface area contributed by atoms with Crippen LogP contribution in [0.25, 0.3) is 5.69 Å². The second kappa shape index (κ2) is 9.80. The maximum Gasteiger partial charge on any atom is 0.319 e. The predicted molar refractivity (Wildman–Crippen MR) is 117 cm³/mol. The van der Waals surface area contributed by atoms with Crippen molar-refractivity contribution < 1.29 is 14.3 Å². The van der Waals surface area contributed by atoms with Crippen LogP contribution >= 0.6 is 0 Å². The van der Waals surface area contributed by atoms with E-state index in [2.05, 4.69) is 35.9 Å². The fourth-order valence-electron chi connectivity index (χ4n) is 3.92. The van der Waals surface area contributed by atoms with Crippen LogP contribution in [0.15, 0.2) is 36.4 Å². The van der Waals surface area contributed by atoms with E-state index in [1.807, 2.05) is 29.2 Å². The molecule has 3 amide bonds. The Morgan fingerprint density at radius 1 is 1.03 bits per heavy atom. The lowest BCUT2D eigenvalue weighted by Crippen LogP contribution is -2.50. The fourth-order valence-corrected chi connectivity index (χ4v) is 3.92. The number of carbonyl (C=O) groups is 2. The average molecular weight is 413 g/mol. The summed E-state index contributed by atoms with van der Waals surface area (Å²) in [4.78, 5) is 28.6. The first kappa shape index (κ1) is 21.9. The third kappa shape index (κ3) is 5.02. The van der Waals surface area contributed by atoms with Crippen LogP contribution in [0.5, 0.6) is 0 Å². The Bertz CT molecular complexity index is 848. The van der Waals surface area contributed by atoms with E-state index in [0.717, 1.165) is 29.9 Å². The van der Waals surface area contributed by atoms with Gasteiger partial charge in [-0.3, -0.25) is 4.79 Å². The highest BCUT2D eigenvalue weighted by molar-refractivity contribution is 5.94. The van der Waals surface area contributed by atoms with Crippen molar-refractivity contribution in [2.75, 3.05) is 40.4 Å². The molecule has 0 atom stereocenters. The number of carbonyl (C=O) groups excluding carboxylic acids is 2. The number of nitrogens with one attached hydrogen (secondary N) is 1. The van der Waals surface area contributed by atoms with Gasteiger partial charge in [0.15, 0.2) is 0 Å². The zero-order valence-corrected chi connectivity index (χ0v) is 18.4. The molecule has 2 heterocycles. The van der Waals surface area contributed by atoms with Crippen molar-refractivity contribution >= 4 is 11.9 Å². The highest BCUT2D eigenvalue weighted by Crippen LogP contribution is 2.17. The fraction of sp³-hybridized carbons (Fsp3) is 0.478. The number of urea groups is 1. The van der Waals surface area contributed by atoms with E-state index in [9.17, 15) is 9.59 Å². The van der Waals surface area contributed by atoms with Gasteiger partial charge in [-0.15, -0.1) is 0 Å². The molecule has 0 spiro atoms. The lowest BCUT2D eigenvalue weighted by molar-refractivity contribution is 0.0415. The summed E-state index contributed by atoms with van der Waals surface area (Å²) < 4.78 is 7.57. The molecule has 30 heavy (non-hydrogen) atoms. The molecule has 2 aromatic rings. The Hall–Kier alpha value is -2.80. The highest BCUT2D eigenvalue weighted by Gasteiger charge is 2.26. The average Bonchev–Trinajstić information content (AvgIpc) is 3.09. The maximum absolute atomic E-state index is 12.6. The Morgan fingerprint density at radius 2 is 1.63 bits per heavy atom. The van der Waals surface area contributed by atoms with E-state index in [0.29, 0.717) is 31.9 Å². The topological polar surface area (TPSA) is 66.8 Å². The summed E-state index contributed by atoms with van der Waals surface area (Å²) in [5.74, 6) is -0.133. The molecule has 1 aliphatic rings. The van der Waals surface area contributed by atoms with Gasteiger partial charge in [-0.25, -0.2) is 4.79 Å². The Kier molecular flexibility index (Phi) is 7.15. The van der Waals surface area contributed by atoms with Crippen LogP contribution in [0.1, 0.15) is 34.6 Å². The van der Waals surface area contributed by atoms with E-state index in [4.69, 9.17) is 4.74 Å². The molecule has 1 saturated heterocycles. The standard InChI is InChI=1S/C23H32N4O3/c1-17-5-6-18(2)27(17)21-9-7-19(8-10-21)22(28)24-13-14-26(23(29)25(3)4)20-11-15-30-16-12-20/h5-10,20H,11-16H2,1-4H3,(H,24,28). The van der Waals surface area contributed by atoms with Crippen molar-refractivity contribution in [3.63, 3.8) is 0 Å². The molecule has 0 aliphatic carbocycles. The molecule has 1 N–H and O–H groups in total. The number of benzene rings is 1. The molecule has 0 saturated carbocycles. The van der Waals surface area contributed by atoms with Gasteiger partial charge in [0.1, 0.15) is 0 Å². The van der Waals surface area contributed by atoms with Crippen LogP contribution in [-0.4, -0.2) is 72.7 Å². The number of ether oxygens (including phenoxy) is 1. The number of aryl methyl sites for hydroxylation is 2. The van der Waals surface area contributed by atoms with Crippen molar-refractivity contribution in [2.45, 2.75) is 32.7 Å². The molecule has 7 nitrogen and oxygen atoms in total. The zero-order chi connectivity index (χ0) is 21.7. The first-order chi connectivity index (χ1) is 14.4. The van der Waals surface area contributed by atoms with Crippen LogP contribution in [0, 0.1) is 13.8 Å². The second-order valence-corrected chi connectivity index (χ2v) is 7.97. The zero-order valence-electron chi connectivity index (χ0n) is 18.4. The van der Waals surface area contributed by atoms with Gasteiger partial charge in [0.2, 0.25) is 0 Å². The van der Waals surface area contributed by atoms with E-state index >= 15 is 0 Å². The molecule has 1 aliphatic heterocycles. The summed E-state index contributed by atoms with van der Waals surface area (Å²) in [6.45, 7) is 6.35. The van der Waals surface area contributed by atoms with Gasteiger partial charge in [-0.2, -0.15) is 0 Å². The first-order valence-corrected chi connectivity index (χ1v) is 10.5. The summed E-state index contributed by atoms with van der Waals surface area (Å²) >= 11 is 0. The van der Waals surface area contributed by atoms with E-state index in [-0.39, 0.29) is 18.0 Å². The molecule has 162 valence electrons. The Morgan fingerprint density at radius 3 is 2.20 bits per heavy atom. The molecule has 0 bridgehead atoms. The molecule has 3 rings (SSSR count). The van der Waals surface area contributed by atoms with Crippen LogP contribution in [0.4, 0.5) is 4.79 Å². The third-order valence-electron chi connectivity index (χ3n) is 5.56. The molecule has 1 aromatic heterocycles. The minimum absolute atomic E-state index is 0.0297.